The van der Waals surface area contributed by atoms with Gasteiger partial charge in [-0.25, -0.2) is 0 Å². The molecule has 0 unspecified atom stereocenters. The fraction of sp³-hybridized carbons (Fsp3) is 0.917. The number of halogens is 3. The van der Waals surface area contributed by atoms with Gasteiger partial charge in [0.1, 0.15) is 0 Å². The molecule has 0 aromatic carbocycles. The molecule has 1 amide bonds. The lowest BCUT2D eigenvalue weighted by molar-refractivity contribution is -0.153. The molecule has 0 aromatic heterocycles. The van der Waals surface area contributed by atoms with E-state index in [4.69, 9.17) is 0 Å². The highest BCUT2D eigenvalue weighted by atomic mass is 19.4. The van der Waals surface area contributed by atoms with E-state index < -0.39 is 19.0 Å². The van der Waals surface area contributed by atoms with Crippen LogP contribution in [-0.2, 0) is 4.79 Å². The summed E-state index contributed by atoms with van der Waals surface area (Å²) in [6.45, 7) is 3.35. The minimum absolute atomic E-state index is 0.361. The summed E-state index contributed by atoms with van der Waals surface area (Å²) in [6, 6.07) is 0.375. The van der Waals surface area contributed by atoms with Gasteiger partial charge in [0.2, 0.25) is 5.91 Å². The van der Waals surface area contributed by atoms with E-state index in [-0.39, 0.29) is 5.91 Å². The number of rotatable bonds is 3. The van der Waals surface area contributed by atoms with E-state index in [1.165, 1.54) is 19.3 Å². The molecule has 6 heteroatoms. The highest BCUT2D eigenvalue weighted by Gasteiger charge is 2.36. The summed E-state index contributed by atoms with van der Waals surface area (Å²) in [7, 11) is 0. The van der Waals surface area contributed by atoms with Crippen LogP contribution < -0.4 is 0 Å². The Morgan fingerprint density at radius 1 is 1.11 bits per heavy atom. The van der Waals surface area contributed by atoms with Gasteiger partial charge in [-0.15, -0.1) is 0 Å². The molecule has 0 saturated carbocycles. The van der Waals surface area contributed by atoms with Crippen molar-refractivity contribution in [3.05, 3.63) is 0 Å². The van der Waals surface area contributed by atoms with Gasteiger partial charge >= 0.3 is 6.18 Å². The lowest BCUT2D eigenvalue weighted by atomic mass is 10.0. The molecule has 2 heterocycles. The monoisotopic (exact) mass is 264 g/mol. The molecule has 2 rings (SSSR count). The van der Waals surface area contributed by atoms with Crippen LogP contribution in [0.1, 0.15) is 32.1 Å². The fourth-order valence-corrected chi connectivity index (χ4v) is 2.58. The molecule has 104 valence electrons. The SMILES string of the molecule is O=C(CCC(F)(F)F)N1CC(N2CCCCC2)C1. The van der Waals surface area contributed by atoms with Crippen molar-refractivity contribution in [1.29, 1.82) is 0 Å². The van der Waals surface area contributed by atoms with Gasteiger partial charge in [-0.1, -0.05) is 6.42 Å². The summed E-state index contributed by atoms with van der Waals surface area (Å²) in [5.74, 6) is -0.361. The van der Waals surface area contributed by atoms with Crippen molar-refractivity contribution in [3.8, 4) is 0 Å². The number of carbonyl (C=O) groups is 1. The third-order valence-electron chi connectivity index (χ3n) is 3.74. The van der Waals surface area contributed by atoms with E-state index in [1.54, 1.807) is 4.90 Å². The third-order valence-corrected chi connectivity index (χ3v) is 3.74. The van der Waals surface area contributed by atoms with Crippen molar-refractivity contribution in [2.45, 2.75) is 44.3 Å². The average molecular weight is 264 g/mol. The molecule has 0 aliphatic carbocycles. The van der Waals surface area contributed by atoms with Gasteiger partial charge in [0.05, 0.1) is 6.42 Å². The van der Waals surface area contributed by atoms with Gasteiger partial charge in [0, 0.05) is 25.6 Å². The second kappa shape index (κ2) is 5.47. The number of hydrogen-bond acceptors (Lipinski definition) is 2. The van der Waals surface area contributed by atoms with E-state index in [0.717, 1.165) is 13.1 Å². The highest BCUT2D eigenvalue weighted by Crippen LogP contribution is 2.24. The van der Waals surface area contributed by atoms with Crippen LogP contribution in [0.3, 0.4) is 0 Å². The summed E-state index contributed by atoms with van der Waals surface area (Å²) < 4.78 is 36.0. The quantitative estimate of drug-likeness (QED) is 0.778. The molecule has 0 aromatic rings. The van der Waals surface area contributed by atoms with Crippen LogP contribution in [0.25, 0.3) is 0 Å². The molecular formula is C12H19F3N2O. The number of alkyl halides is 3. The first kappa shape index (κ1) is 13.6. The van der Waals surface area contributed by atoms with E-state index in [0.29, 0.717) is 19.1 Å². The van der Waals surface area contributed by atoms with Gasteiger partial charge in [-0.05, 0) is 25.9 Å². The van der Waals surface area contributed by atoms with Crippen LogP contribution in [0.4, 0.5) is 13.2 Å². The maximum atomic E-state index is 12.0. The molecule has 2 aliphatic rings. The number of likely N-dealkylation sites (tertiary alicyclic amines) is 2. The van der Waals surface area contributed by atoms with Crippen LogP contribution in [0, 0.1) is 0 Å². The highest BCUT2D eigenvalue weighted by molar-refractivity contribution is 5.77. The van der Waals surface area contributed by atoms with Crippen molar-refractivity contribution < 1.29 is 18.0 Å². The second-order valence-electron chi connectivity index (χ2n) is 5.16. The Morgan fingerprint density at radius 3 is 2.28 bits per heavy atom. The molecule has 3 nitrogen and oxygen atoms in total. The average Bonchev–Trinajstić information content (AvgIpc) is 2.25. The molecule has 0 spiro atoms. The van der Waals surface area contributed by atoms with Crippen LogP contribution in [-0.4, -0.2) is 54.1 Å². The first-order valence-corrected chi connectivity index (χ1v) is 6.54. The number of carbonyl (C=O) groups excluding carboxylic acids is 1. The molecule has 2 aliphatic heterocycles. The zero-order chi connectivity index (χ0) is 13.2. The minimum atomic E-state index is -4.23. The van der Waals surface area contributed by atoms with E-state index in [1.807, 2.05) is 0 Å². The normalized spacial score (nSPS) is 22.9. The Kier molecular flexibility index (Phi) is 4.14. The van der Waals surface area contributed by atoms with Crippen LogP contribution in [0.15, 0.2) is 0 Å². The van der Waals surface area contributed by atoms with Crippen molar-refractivity contribution in [1.82, 2.24) is 9.80 Å². The third kappa shape index (κ3) is 3.60. The topological polar surface area (TPSA) is 23.6 Å². The van der Waals surface area contributed by atoms with Crippen molar-refractivity contribution in [2.24, 2.45) is 0 Å². The van der Waals surface area contributed by atoms with Gasteiger partial charge in [0.25, 0.3) is 0 Å². The molecule has 0 bridgehead atoms. The van der Waals surface area contributed by atoms with Crippen molar-refractivity contribution in [3.63, 3.8) is 0 Å². The first-order chi connectivity index (χ1) is 8.46. The van der Waals surface area contributed by atoms with Crippen molar-refractivity contribution in [2.75, 3.05) is 26.2 Å². The minimum Gasteiger partial charge on any atom is -0.339 e. The summed E-state index contributed by atoms with van der Waals surface area (Å²) in [5, 5.41) is 0. The smallest absolute Gasteiger partial charge is 0.339 e. The van der Waals surface area contributed by atoms with E-state index >= 15 is 0 Å². The number of nitrogens with zero attached hydrogens (tertiary/aromatic N) is 2. The van der Waals surface area contributed by atoms with E-state index in [2.05, 4.69) is 4.90 Å². The van der Waals surface area contributed by atoms with Crippen molar-refractivity contribution >= 4 is 5.91 Å². The Hall–Kier alpha value is -0.780. The zero-order valence-electron chi connectivity index (χ0n) is 10.4. The molecule has 0 radical (unpaired) electrons. The number of hydrogen-bond donors (Lipinski definition) is 0. The summed E-state index contributed by atoms with van der Waals surface area (Å²) >= 11 is 0. The molecule has 2 fully saturated rings. The predicted octanol–water partition coefficient (Wildman–Crippen LogP) is 2.03. The number of amides is 1. The van der Waals surface area contributed by atoms with Crippen LogP contribution in [0.2, 0.25) is 0 Å². The van der Waals surface area contributed by atoms with Crippen LogP contribution >= 0.6 is 0 Å². The molecule has 0 atom stereocenters. The Balaban J connectivity index is 1.67. The summed E-state index contributed by atoms with van der Waals surface area (Å²) in [5.41, 5.74) is 0. The first-order valence-electron chi connectivity index (χ1n) is 6.54. The summed E-state index contributed by atoms with van der Waals surface area (Å²) in [4.78, 5) is 15.4. The van der Waals surface area contributed by atoms with Gasteiger partial charge in [-0.3, -0.25) is 9.69 Å². The second-order valence-corrected chi connectivity index (χ2v) is 5.16. The van der Waals surface area contributed by atoms with Gasteiger partial charge in [0.15, 0.2) is 0 Å². The molecule has 0 N–H and O–H groups in total. The maximum absolute atomic E-state index is 12.0. The lowest BCUT2D eigenvalue weighted by Gasteiger charge is -2.46. The largest absolute Gasteiger partial charge is 0.389 e. The zero-order valence-corrected chi connectivity index (χ0v) is 10.4. The Bertz CT molecular complexity index is 294. The lowest BCUT2D eigenvalue weighted by Crippen LogP contribution is -2.61. The molecular weight excluding hydrogens is 245 g/mol. The standard InChI is InChI=1S/C12H19F3N2O/c13-12(14,15)5-4-11(18)17-8-10(9-17)16-6-2-1-3-7-16/h10H,1-9H2. The Morgan fingerprint density at radius 2 is 1.72 bits per heavy atom. The van der Waals surface area contributed by atoms with Gasteiger partial charge < -0.3 is 4.90 Å². The van der Waals surface area contributed by atoms with E-state index in [9.17, 15) is 18.0 Å². The molecule has 18 heavy (non-hydrogen) atoms. The predicted molar refractivity (Wildman–Crippen MR) is 61.1 cm³/mol. The van der Waals surface area contributed by atoms with Gasteiger partial charge in [-0.2, -0.15) is 13.2 Å². The summed E-state index contributed by atoms with van der Waals surface area (Å²) in [6.07, 6.45) is -1.99. The number of piperidine rings is 1. The fourth-order valence-electron chi connectivity index (χ4n) is 2.58. The molecule has 2 saturated heterocycles. The Labute approximate surface area is 105 Å². The maximum Gasteiger partial charge on any atom is 0.389 e. The van der Waals surface area contributed by atoms with Crippen LogP contribution in [0.5, 0.6) is 0 Å².